The van der Waals surface area contributed by atoms with E-state index in [1.165, 1.54) is 15.9 Å². The molecule has 156 valence electrons. The molecule has 2 aromatic heterocycles. The number of aromatic amines is 1. The number of carbonyl (C=O) groups is 1. The summed E-state index contributed by atoms with van der Waals surface area (Å²) in [7, 11) is 0. The second-order valence-electron chi connectivity index (χ2n) is 6.88. The lowest BCUT2D eigenvalue weighted by Crippen LogP contribution is -2.35. The fourth-order valence-electron chi connectivity index (χ4n) is 3.29. The van der Waals surface area contributed by atoms with Gasteiger partial charge < -0.3 is 9.72 Å². The van der Waals surface area contributed by atoms with Crippen LogP contribution in [-0.4, -0.2) is 51.6 Å². The number of anilines is 1. The number of nitrogens with one attached hydrogen (secondary N) is 2. The van der Waals surface area contributed by atoms with E-state index in [4.69, 9.17) is 17.0 Å². The number of H-pyrrole nitrogens is 1. The molecule has 10 heteroatoms. The van der Waals surface area contributed by atoms with Crippen LogP contribution in [0.25, 0.3) is 10.9 Å². The quantitative estimate of drug-likeness (QED) is 0.450. The van der Waals surface area contributed by atoms with Crippen LogP contribution >= 0.6 is 23.6 Å². The summed E-state index contributed by atoms with van der Waals surface area (Å²) in [4.78, 5) is 35.1. The van der Waals surface area contributed by atoms with Gasteiger partial charge in [0.05, 0.1) is 29.8 Å². The Morgan fingerprint density at radius 1 is 1.40 bits per heavy atom. The maximum atomic E-state index is 12.7. The normalized spacial score (nSPS) is 14.7. The lowest BCUT2D eigenvalue weighted by Gasteiger charge is -2.25. The average molecular weight is 444 g/mol. The molecule has 0 atom stereocenters. The average Bonchev–Trinajstić information content (AvgIpc) is 3.18. The minimum absolute atomic E-state index is 0.215. The molecule has 3 aromatic rings. The minimum Gasteiger partial charge on any atom is -0.379 e. The number of amides is 1. The summed E-state index contributed by atoms with van der Waals surface area (Å²) in [6.45, 7) is 7.93. The van der Waals surface area contributed by atoms with Gasteiger partial charge in [-0.1, -0.05) is 6.08 Å². The lowest BCUT2D eigenvalue weighted by atomic mass is 10.1. The summed E-state index contributed by atoms with van der Waals surface area (Å²) in [6, 6.07) is 4.88. The Morgan fingerprint density at radius 3 is 2.97 bits per heavy atom. The Hall–Kier alpha value is -2.66. The fraction of sp³-hybridized carbons (Fsp3) is 0.300. The molecule has 1 aliphatic heterocycles. The Labute approximate surface area is 181 Å². The first-order valence-electron chi connectivity index (χ1n) is 9.49. The van der Waals surface area contributed by atoms with Gasteiger partial charge in [-0.05, 0) is 30.4 Å². The number of hydrogen-bond donors (Lipinski definition) is 2. The van der Waals surface area contributed by atoms with E-state index >= 15 is 0 Å². The first-order valence-corrected chi connectivity index (χ1v) is 10.8. The van der Waals surface area contributed by atoms with E-state index in [0.29, 0.717) is 28.1 Å². The standard InChI is InChI=1S/C20H21N5O3S2/c1-2-5-25-18(27)15-4-3-13(10-16(15)22-20(25)29)17(26)23-19-21-14(12-30-19)11-24-6-8-28-9-7-24/h2-4,10,12H,1,5-9,11H2,(H,22,29)(H,21,23,26). The van der Waals surface area contributed by atoms with E-state index in [9.17, 15) is 9.59 Å². The van der Waals surface area contributed by atoms with Crippen LogP contribution in [0.15, 0.2) is 41.0 Å². The summed E-state index contributed by atoms with van der Waals surface area (Å²) in [5.41, 5.74) is 1.64. The van der Waals surface area contributed by atoms with Gasteiger partial charge in [0.15, 0.2) is 9.90 Å². The summed E-state index contributed by atoms with van der Waals surface area (Å²) < 4.78 is 7.07. The number of fused-ring (bicyclic) bond motifs is 1. The van der Waals surface area contributed by atoms with Crippen LogP contribution in [0.4, 0.5) is 5.13 Å². The van der Waals surface area contributed by atoms with Gasteiger partial charge in [0, 0.05) is 37.1 Å². The second-order valence-corrected chi connectivity index (χ2v) is 8.13. The van der Waals surface area contributed by atoms with E-state index < -0.39 is 0 Å². The number of ether oxygens (including phenoxy) is 1. The molecule has 1 saturated heterocycles. The van der Waals surface area contributed by atoms with Gasteiger partial charge in [0.25, 0.3) is 11.5 Å². The smallest absolute Gasteiger partial charge is 0.262 e. The topological polar surface area (TPSA) is 92.2 Å². The number of aromatic nitrogens is 3. The largest absolute Gasteiger partial charge is 0.379 e. The Kier molecular flexibility index (Phi) is 6.18. The molecule has 0 spiro atoms. The summed E-state index contributed by atoms with van der Waals surface area (Å²) >= 11 is 6.64. The highest BCUT2D eigenvalue weighted by Gasteiger charge is 2.15. The molecule has 30 heavy (non-hydrogen) atoms. The number of morpholine rings is 1. The SMILES string of the molecule is C=CCn1c(=S)[nH]c2cc(C(=O)Nc3nc(CN4CCOCC4)cs3)ccc2c1=O. The number of rotatable bonds is 6. The van der Waals surface area contributed by atoms with Gasteiger partial charge in [0.1, 0.15) is 0 Å². The molecule has 2 N–H and O–H groups in total. The highest BCUT2D eigenvalue weighted by molar-refractivity contribution is 7.71. The summed E-state index contributed by atoms with van der Waals surface area (Å²) in [5, 5.41) is 5.78. The van der Waals surface area contributed by atoms with E-state index in [1.54, 1.807) is 24.3 Å². The molecule has 0 aliphatic carbocycles. The van der Waals surface area contributed by atoms with Crippen LogP contribution in [-0.2, 0) is 17.8 Å². The molecule has 1 aliphatic rings. The van der Waals surface area contributed by atoms with Gasteiger partial charge in [0.2, 0.25) is 0 Å². The number of thiazole rings is 1. The number of hydrogen-bond acceptors (Lipinski definition) is 7. The third kappa shape index (κ3) is 4.41. The van der Waals surface area contributed by atoms with Gasteiger partial charge in [-0.3, -0.25) is 24.4 Å². The van der Waals surface area contributed by atoms with Crippen LogP contribution in [0.2, 0.25) is 0 Å². The van der Waals surface area contributed by atoms with Gasteiger partial charge in [-0.25, -0.2) is 4.98 Å². The molecule has 0 saturated carbocycles. The van der Waals surface area contributed by atoms with E-state index in [-0.39, 0.29) is 16.2 Å². The van der Waals surface area contributed by atoms with Crippen molar-refractivity contribution in [1.82, 2.24) is 19.4 Å². The molecule has 0 unspecified atom stereocenters. The third-order valence-electron chi connectivity index (χ3n) is 4.82. The van der Waals surface area contributed by atoms with Crippen LogP contribution < -0.4 is 10.9 Å². The van der Waals surface area contributed by atoms with Crippen molar-refractivity contribution in [2.75, 3.05) is 31.6 Å². The monoisotopic (exact) mass is 443 g/mol. The molecule has 1 aromatic carbocycles. The van der Waals surface area contributed by atoms with Crippen molar-refractivity contribution in [2.45, 2.75) is 13.1 Å². The molecule has 0 bridgehead atoms. The van der Waals surface area contributed by atoms with E-state index in [2.05, 4.69) is 26.8 Å². The van der Waals surface area contributed by atoms with Crippen LogP contribution in [0.1, 0.15) is 16.1 Å². The van der Waals surface area contributed by atoms with Crippen molar-refractivity contribution in [1.29, 1.82) is 0 Å². The number of nitrogens with zero attached hydrogens (tertiary/aromatic N) is 3. The first-order chi connectivity index (χ1) is 14.5. The summed E-state index contributed by atoms with van der Waals surface area (Å²) in [6.07, 6.45) is 1.61. The van der Waals surface area contributed by atoms with Crippen LogP contribution in [0, 0.1) is 4.77 Å². The molecule has 4 rings (SSSR count). The molecule has 3 heterocycles. The zero-order chi connectivity index (χ0) is 21.1. The van der Waals surface area contributed by atoms with Crippen molar-refractivity contribution < 1.29 is 9.53 Å². The molecular formula is C20H21N5O3S2. The van der Waals surface area contributed by atoms with Gasteiger partial charge >= 0.3 is 0 Å². The van der Waals surface area contributed by atoms with Gasteiger partial charge in [-0.15, -0.1) is 17.9 Å². The van der Waals surface area contributed by atoms with E-state index in [1.807, 2.05) is 5.38 Å². The lowest BCUT2D eigenvalue weighted by molar-refractivity contribution is 0.0337. The third-order valence-corrected chi connectivity index (χ3v) is 5.95. The zero-order valence-electron chi connectivity index (χ0n) is 16.2. The molecular weight excluding hydrogens is 422 g/mol. The van der Waals surface area contributed by atoms with E-state index in [0.717, 1.165) is 38.5 Å². The van der Waals surface area contributed by atoms with Crippen LogP contribution in [0.3, 0.4) is 0 Å². The number of carbonyl (C=O) groups excluding carboxylic acids is 1. The maximum Gasteiger partial charge on any atom is 0.262 e. The maximum absolute atomic E-state index is 12.7. The second kappa shape index (κ2) is 9.00. The number of benzene rings is 1. The Balaban J connectivity index is 1.51. The number of allylic oxidation sites excluding steroid dienone is 1. The van der Waals surface area contributed by atoms with Crippen molar-refractivity contribution >= 4 is 45.5 Å². The Morgan fingerprint density at radius 2 is 2.20 bits per heavy atom. The van der Waals surface area contributed by atoms with Crippen LogP contribution in [0.5, 0.6) is 0 Å². The first kappa shape index (κ1) is 20.6. The van der Waals surface area contributed by atoms with Crippen molar-refractivity contribution in [3.63, 3.8) is 0 Å². The molecule has 1 fully saturated rings. The predicted octanol–water partition coefficient (Wildman–Crippen LogP) is 2.79. The molecule has 0 radical (unpaired) electrons. The van der Waals surface area contributed by atoms with Crippen molar-refractivity contribution in [3.8, 4) is 0 Å². The van der Waals surface area contributed by atoms with Crippen molar-refractivity contribution in [2.24, 2.45) is 0 Å². The predicted molar refractivity (Wildman–Crippen MR) is 120 cm³/mol. The zero-order valence-corrected chi connectivity index (χ0v) is 17.9. The highest BCUT2D eigenvalue weighted by atomic mass is 32.1. The van der Waals surface area contributed by atoms with Gasteiger partial charge in [-0.2, -0.15) is 0 Å². The summed E-state index contributed by atoms with van der Waals surface area (Å²) in [5.74, 6) is -0.293. The fourth-order valence-corrected chi connectivity index (χ4v) is 4.25. The Bertz CT molecular complexity index is 1210. The highest BCUT2D eigenvalue weighted by Crippen LogP contribution is 2.19. The van der Waals surface area contributed by atoms with Crippen molar-refractivity contribution in [3.05, 3.63) is 62.6 Å². The molecule has 8 nitrogen and oxygen atoms in total. The molecule has 1 amide bonds. The minimum atomic E-state index is -0.293.